The van der Waals surface area contributed by atoms with Crippen molar-refractivity contribution in [2.45, 2.75) is 51.6 Å². The molecule has 1 aliphatic carbocycles. The van der Waals surface area contributed by atoms with Crippen LogP contribution in [0.15, 0.2) is 36.7 Å². The number of anilines is 1. The molecule has 2 atom stereocenters. The first-order chi connectivity index (χ1) is 16.5. The third-order valence-electron chi connectivity index (χ3n) is 6.36. The van der Waals surface area contributed by atoms with Crippen LogP contribution in [0.2, 0.25) is 0 Å². The lowest BCUT2D eigenvalue weighted by Crippen LogP contribution is -2.56. The Morgan fingerprint density at radius 2 is 1.88 bits per heavy atom. The summed E-state index contributed by atoms with van der Waals surface area (Å²) in [6.45, 7) is 5.43. The summed E-state index contributed by atoms with van der Waals surface area (Å²) in [5.41, 5.74) is 2.49. The highest BCUT2D eigenvalue weighted by molar-refractivity contribution is 5.78. The minimum atomic E-state index is -0.574. The van der Waals surface area contributed by atoms with Crippen LogP contribution in [0.5, 0.6) is 11.8 Å². The summed E-state index contributed by atoms with van der Waals surface area (Å²) in [6.07, 6.45) is 10.5. The molecule has 1 aliphatic heterocycles. The number of ether oxygens (including phenoxy) is 1. The van der Waals surface area contributed by atoms with Gasteiger partial charge in [0.15, 0.2) is 11.6 Å². The second kappa shape index (κ2) is 10.8. The minimum Gasteiger partial charge on any atom is -0.508 e. The Balaban J connectivity index is 1.98. The number of nitrogens with one attached hydrogen (secondary N) is 1. The van der Waals surface area contributed by atoms with E-state index >= 15 is 4.39 Å². The SMILES string of the molecule is CCC1CN(c2nc(OC)ncccnc(-c3cc(O)cc4c3C=CCC4)c2F)CC(CC)N1. The summed E-state index contributed by atoms with van der Waals surface area (Å²) < 4.78 is 21.9. The van der Waals surface area contributed by atoms with Crippen LogP contribution in [0.1, 0.15) is 44.2 Å². The zero-order chi connectivity index (χ0) is 24.1. The van der Waals surface area contributed by atoms with Crippen LogP contribution in [0.4, 0.5) is 10.2 Å². The summed E-state index contributed by atoms with van der Waals surface area (Å²) >= 11 is 0. The summed E-state index contributed by atoms with van der Waals surface area (Å²) in [4.78, 5) is 15.1. The van der Waals surface area contributed by atoms with Gasteiger partial charge >= 0.3 is 6.01 Å². The maximum Gasteiger partial charge on any atom is 0.318 e. The fourth-order valence-electron chi connectivity index (χ4n) is 4.54. The molecule has 0 amide bonds. The number of allylic oxidation sites excluding steroid dienone is 1. The normalized spacial score (nSPS) is 19.4. The van der Waals surface area contributed by atoms with Gasteiger partial charge < -0.3 is 20.1 Å². The first kappa shape index (κ1) is 23.9. The molecule has 2 N–H and O–H groups in total. The van der Waals surface area contributed by atoms with Crippen molar-refractivity contribution in [2.24, 2.45) is 0 Å². The average Bonchev–Trinajstić information content (AvgIpc) is 2.86. The summed E-state index contributed by atoms with van der Waals surface area (Å²) in [6, 6.07) is 5.38. The number of phenols is 1. The molecule has 2 heterocycles. The van der Waals surface area contributed by atoms with Gasteiger partial charge in [0, 0.05) is 43.1 Å². The highest BCUT2D eigenvalue weighted by Gasteiger charge is 2.29. The molecule has 4 rings (SSSR count). The zero-order valence-corrected chi connectivity index (χ0v) is 20.0. The van der Waals surface area contributed by atoms with Gasteiger partial charge in [0.1, 0.15) is 11.4 Å². The Kier molecular flexibility index (Phi) is 7.57. The van der Waals surface area contributed by atoms with Crippen molar-refractivity contribution in [3.05, 3.63) is 53.6 Å². The second-order valence-electron chi connectivity index (χ2n) is 8.62. The molecular weight excluding hydrogens is 433 g/mol. The van der Waals surface area contributed by atoms with Crippen molar-refractivity contribution in [3.63, 3.8) is 0 Å². The number of fused-ring (bicyclic) bond motifs is 1. The number of piperazine rings is 1. The number of benzene rings is 1. The molecule has 180 valence electrons. The van der Waals surface area contributed by atoms with E-state index in [0.29, 0.717) is 18.7 Å². The smallest absolute Gasteiger partial charge is 0.318 e. The minimum absolute atomic E-state index is 0.0634. The highest BCUT2D eigenvalue weighted by Crippen LogP contribution is 2.36. The Bertz CT molecular complexity index is 1110. The average molecular weight is 466 g/mol. The van der Waals surface area contributed by atoms with Crippen LogP contribution in [-0.4, -0.2) is 52.3 Å². The largest absolute Gasteiger partial charge is 0.508 e. The van der Waals surface area contributed by atoms with E-state index in [9.17, 15) is 5.11 Å². The van der Waals surface area contributed by atoms with Gasteiger partial charge in [-0.2, -0.15) is 4.98 Å². The molecule has 1 aromatic carbocycles. The first-order valence-electron chi connectivity index (χ1n) is 11.9. The van der Waals surface area contributed by atoms with Crippen LogP contribution in [0.3, 0.4) is 0 Å². The fourth-order valence-corrected chi connectivity index (χ4v) is 4.54. The number of rotatable bonds is 5. The topological polar surface area (TPSA) is 83.4 Å². The monoisotopic (exact) mass is 465 g/mol. The molecule has 7 nitrogen and oxygen atoms in total. The maximum atomic E-state index is 16.5. The van der Waals surface area contributed by atoms with Crippen molar-refractivity contribution < 1.29 is 14.2 Å². The number of phenolic OH excluding ortho intramolecular Hbond substituents is 1. The van der Waals surface area contributed by atoms with Gasteiger partial charge in [-0.3, -0.25) is 4.98 Å². The van der Waals surface area contributed by atoms with Gasteiger partial charge in [-0.25, -0.2) is 9.37 Å². The van der Waals surface area contributed by atoms with Crippen molar-refractivity contribution in [2.75, 3.05) is 25.1 Å². The third-order valence-corrected chi connectivity index (χ3v) is 6.36. The number of methoxy groups -OCH3 is 1. The Morgan fingerprint density at radius 1 is 1.15 bits per heavy atom. The summed E-state index contributed by atoms with van der Waals surface area (Å²) in [5.74, 6) is -0.350. The van der Waals surface area contributed by atoms with E-state index in [0.717, 1.165) is 36.8 Å². The number of hydrogen-bond donors (Lipinski definition) is 2. The summed E-state index contributed by atoms with van der Waals surface area (Å²) in [5, 5.41) is 14.0. The molecule has 0 radical (unpaired) electrons. The molecular formula is C26H32FN5O2. The molecule has 0 saturated carbocycles. The van der Waals surface area contributed by atoms with E-state index < -0.39 is 5.82 Å². The fraction of sp³-hybridized carbons (Fsp3) is 0.423. The number of halogens is 1. The lowest BCUT2D eigenvalue weighted by molar-refractivity contribution is 0.349. The predicted molar refractivity (Wildman–Crippen MR) is 132 cm³/mol. The van der Waals surface area contributed by atoms with E-state index in [1.807, 2.05) is 11.0 Å². The van der Waals surface area contributed by atoms with Crippen LogP contribution in [-0.2, 0) is 6.42 Å². The molecule has 8 heteroatoms. The molecule has 0 spiro atoms. The lowest BCUT2D eigenvalue weighted by atomic mass is 9.91. The van der Waals surface area contributed by atoms with Gasteiger partial charge in [-0.15, -0.1) is 0 Å². The van der Waals surface area contributed by atoms with Gasteiger partial charge in [-0.1, -0.05) is 26.0 Å². The van der Waals surface area contributed by atoms with Crippen molar-refractivity contribution >= 4 is 11.9 Å². The number of aromatic nitrogens is 3. The predicted octanol–water partition coefficient (Wildman–Crippen LogP) is 4.44. The molecule has 2 aromatic rings. The van der Waals surface area contributed by atoms with Crippen LogP contribution in [0.25, 0.3) is 17.3 Å². The standard InChI is InChI=1S/C26H32FN5O2/c1-4-18-15-32(16-19(5-2)30-18)25-23(27)24(28-11-8-12-29-26(31-25)34-3)22-14-20(33)13-17-9-6-7-10-21(17)22/h7-8,10-14,18-19,30,33H,4-6,9,15-16H2,1-3H3. The quantitative estimate of drug-likeness (QED) is 0.675. The molecule has 2 aliphatic rings. The van der Waals surface area contributed by atoms with Crippen LogP contribution < -0.4 is 15.0 Å². The first-order valence-corrected chi connectivity index (χ1v) is 11.9. The molecule has 0 bridgehead atoms. The molecule has 2 unspecified atom stereocenters. The van der Waals surface area contributed by atoms with Crippen molar-refractivity contribution in [1.29, 1.82) is 0 Å². The number of aromatic hydroxyl groups is 1. The number of nitrogens with zero attached hydrogens (tertiary/aromatic N) is 4. The molecule has 1 fully saturated rings. The zero-order valence-electron chi connectivity index (χ0n) is 20.0. The Morgan fingerprint density at radius 3 is 2.59 bits per heavy atom. The molecule has 1 saturated heterocycles. The lowest BCUT2D eigenvalue weighted by Gasteiger charge is -2.39. The van der Waals surface area contributed by atoms with E-state index in [4.69, 9.17) is 4.74 Å². The molecule has 34 heavy (non-hydrogen) atoms. The van der Waals surface area contributed by atoms with E-state index in [-0.39, 0.29) is 35.4 Å². The van der Waals surface area contributed by atoms with E-state index in [1.54, 1.807) is 18.2 Å². The van der Waals surface area contributed by atoms with Crippen LogP contribution in [0, 0.1) is 5.82 Å². The number of hydrogen-bond acceptors (Lipinski definition) is 7. The van der Waals surface area contributed by atoms with Gasteiger partial charge in [0.05, 0.1) is 7.11 Å². The van der Waals surface area contributed by atoms with Crippen molar-refractivity contribution in [1.82, 2.24) is 20.3 Å². The van der Waals surface area contributed by atoms with E-state index in [2.05, 4.69) is 40.2 Å². The van der Waals surface area contributed by atoms with Crippen LogP contribution >= 0.6 is 0 Å². The Labute approximate surface area is 200 Å². The van der Waals surface area contributed by atoms with Gasteiger partial charge in [0.25, 0.3) is 0 Å². The van der Waals surface area contributed by atoms with Crippen molar-refractivity contribution in [3.8, 4) is 23.0 Å². The van der Waals surface area contributed by atoms with Gasteiger partial charge in [-0.05, 0) is 55.0 Å². The Hall–Kier alpha value is -3.26. The highest BCUT2D eigenvalue weighted by atomic mass is 19.1. The molecule has 1 aromatic heterocycles. The summed E-state index contributed by atoms with van der Waals surface area (Å²) in [7, 11) is 1.47. The second-order valence-corrected chi connectivity index (χ2v) is 8.62. The number of aryl methyl sites for hydroxylation is 1. The van der Waals surface area contributed by atoms with Gasteiger partial charge in [0.2, 0.25) is 0 Å². The third kappa shape index (κ3) is 5.12. The maximum absolute atomic E-state index is 16.5. The van der Waals surface area contributed by atoms with E-state index in [1.165, 1.54) is 19.5 Å².